The molecular weight excluding hydrogens is 668 g/mol. The van der Waals surface area contributed by atoms with Gasteiger partial charge in [-0.25, -0.2) is 4.39 Å². The van der Waals surface area contributed by atoms with Gasteiger partial charge in [0.05, 0.1) is 6.54 Å². The summed E-state index contributed by atoms with van der Waals surface area (Å²) >= 11 is 0. The Kier molecular flexibility index (Phi) is 16.1. The number of carbonyl (C=O) groups is 4. The van der Waals surface area contributed by atoms with E-state index in [-0.39, 0.29) is 43.3 Å². The first-order valence-electron chi connectivity index (χ1n) is 19.6. The zero-order valence-electron chi connectivity index (χ0n) is 32.2. The molecule has 0 radical (unpaired) electrons. The molecule has 1 aliphatic rings. The second-order valence-electron chi connectivity index (χ2n) is 15.3. The Hall–Kier alpha value is -4.53. The second-order valence-corrected chi connectivity index (χ2v) is 15.3. The van der Waals surface area contributed by atoms with Crippen LogP contribution in [-0.4, -0.2) is 65.1 Å². The van der Waals surface area contributed by atoms with E-state index in [9.17, 15) is 23.6 Å². The van der Waals surface area contributed by atoms with E-state index in [1.165, 1.54) is 57.1 Å². The molecule has 0 fully saturated rings. The minimum atomic E-state index is -0.999. The highest BCUT2D eigenvalue weighted by molar-refractivity contribution is 6.00. The van der Waals surface area contributed by atoms with Crippen molar-refractivity contribution in [1.82, 2.24) is 20.4 Å². The lowest BCUT2D eigenvalue weighted by atomic mass is 9.98. The molecule has 0 saturated carbocycles. The summed E-state index contributed by atoms with van der Waals surface area (Å²) in [7, 11) is 0. The Morgan fingerprint density at radius 2 is 1.25 bits per heavy atom. The maximum atomic E-state index is 14.5. The number of fused-ring (bicyclic) bond motifs is 5. The third-order valence-corrected chi connectivity index (χ3v) is 9.60. The van der Waals surface area contributed by atoms with Crippen LogP contribution in [0.4, 0.5) is 4.39 Å². The molecule has 286 valence electrons. The van der Waals surface area contributed by atoms with Gasteiger partial charge in [-0.15, -0.1) is 0 Å². The lowest BCUT2D eigenvalue weighted by Crippen LogP contribution is -2.47. The molecule has 4 rings (SSSR count). The molecular formula is C44H59FN4O4. The van der Waals surface area contributed by atoms with Crippen molar-refractivity contribution >= 4 is 23.6 Å². The van der Waals surface area contributed by atoms with Gasteiger partial charge in [0, 0.05) is 36.3 Å². The van der Waals surface area contributed by atoms with E-state index in [0.29, 0.717) is 36.1 Å². The van der Waals surface area contributed by atoms with Gasteiger partial charge in [-0.05, 0) is 93.1 Å². The minimum Gasteiger partial charge on any atom is -0.354 e. The third kappa shape index (κ3) is 13.1. The fraction of sp³-hybridized carbons (Fsp3) is 0.500. The topological polar surface area (TPSA) is 98.8 Å². The van der Waals surface area contributed by atoms with Gasteiger partial charge in [0.2, 0.25) is 11.8 Å². The zero-order valence-corrected chi connectivity index (χ0v) is 32.2. The number of unbranched alkanes of at least 4 members (excludes halogenated alkanes) is 9. The average Bonchev–Trinajstić information content (AvgIpc) is 3.13. The monoisotopic (exact) mass is 726 g/mol. The standard InChI is InChI=1S/C44H59FN4O4/c1-5-6-7-8-9-10-11-12-13-14-27-46-41(51)40(33-23-25-38(45)26-24-33)49-29-16-15-28-48(32-39(50)47-44(2,3)4)42(52)36-21-17-19-34(30-36)35-20-18-22-37(31-35)43(49)53/h17-26,30-31,40H,5-16,27-29,32H2,1-4H3,(H,46,51)(H,47,50). The number of nitrogens with one attached hydrogen (secondary N) is 2. The van der Waals surface area contributed by atoms with Gasteiger partial charge in [-0.2, -0.15) is 0 Å². The molecule has 3 aromatic carbocycles. The zero-order chi connectivity index (χ0) is 38.2. The molecule has 0 aromatic heterocycles. The maximum Gasteiger partial charge on any atom is 0.254 e. The molecule has 8 nitrogen and oxygen atoms in total. The van der Waals surface area contributed by atoms with Gasteiger partial charge < -0.3 is 20.4 Å². The minimum absolute atomic E-state index is 0.113. The van der Waals surface area contributed by atoms with E-state index >= 15 is 0 Å². The predicted octanol–water partition coefficient (Wildman–Crippen LogP) is 8.86. The van der Waals surface area contributed by atoms with E-state index in [0.717, 1.165) is 30.4 Å². The van der Waals surface area contributed by atoms with Crippen LogP contribution in [0, 0.1) is 5.82 Å². The molecule has 1 unspecified atom stereocenters. The van der Waals surface area contributed by atoms with Crippen LogP contribution in [0.25, 0.3) is 11.1 Å². The molecule has 0 saturated heterocycles. The second kappa shape index (κ2) is 20.6. The molecule has 1 atom stereocenters. The third-order valence-electron chi connectivity index (χ3n) is 9.60. The average molecular weight is 727 g/mol. The van der Waals surface area contributed by atoms with Gasteiger partial charge in [-0.3, -0.25) is 19.2 Å². The van der Waals surface area contributed by atoms with Crippen LogP contribution in [0.2, 0.25) is 0 Å². The molecule has 0 aliphatic carbocycles. The van der Waals surface area contributed by atoms with Crippen molar-refractivity contribution in [3.05, 3.63) is 95.3 Å². The van der Waals surface area contributed by atoms with E-state index in [1.807, 2.05) is 32.9 Å². The number of amides is 4. The molecule has 2 N–H and O–H groups in total. The Morgan fingerprint density at radius 3 is 1.83 bits per heavy atom. The molecule has 1 aliphatic heterocycles. The predicted molar refractivity (Wildman–Crippen MR) is 210 cm³/mol. The lowest BCUT2D eigenvalue weighted by Gasteiger charge is -2.32. The summed E-state index contributed by atoms with van der Waals surface area (Å²) in [6, 6.07) is 19.1. The van der Waals surface area contributed by atoms with Crippen molar-refractivity contribution in [2.45, 2.75) is 116 Å². The van der Waals surface area contributed by atoms with Crippen LogP contribution < -0.4 is 10.6 Å². The lowest BCUT2D eigenvalue weighted by molar-refractivity contribution is -0.126. The van der Waals surface area contributed by atoms with Gasteiger partial charge in [-0.1, -0.05) is 101 Å². The summed E-state index contributed by atoms with van der Waals surface area (Å²) in [5, 5.41) is 6.03. The SMILES string of the molecule is CCCCCCCCCCCCNC(=O)C(c1ccc(F)cc1)N1CCCCN(CC(=O)NC(C)(C)C)C(=O)c2cccc(c2)-c2cccc(c2)C1=O. The molecule has 3 aromatic rings. The number of rotatable bonds is 16. The summed E-state index contributed by atoms with van der Waals surface area (Å²) in [4.78, 5) is 58.6. The number of benzene rings is 3. The largest absolute Gasteiger partial charge is 0.354 e. The van der Waals surface area contributed by atoms with Crippen LogP contribution in [0.3, 0.4) is 0 Å². The van der Waals surface area contributed by atoms with Crippen molar-refractivity contribution < 1.29 is 23.6 Å². The number of carbonyl (C=O) groups excluding carboxylic acids is 4. The molecule has 4 amide bonds. The summed E-state index contributed by atoms with van der Waals surface area (Å²) in [5.74, 6) is -1.58. The first-order chi connectivity index (χ1) is 25.5. The van der Waals surface area contributed by atoms with Crippen LogP contribution in [0.15, 0.2) is 72.8 Å². The van der Waals surface area contributed by atoms with Crippen LogP contribution in [0.5, 0.6) is 0 Å². The number of nitrogens with zero attached hydrogens (tertiary/aromatic N) is 2. The van der Waals surface area contributed by atoms with E-state index in [1.54, 1.807) is 58.3 Å². The summed E-state index contributed by atoms with van der Waals surface area (Å²) < 4.78 is 14.1. The van der Waals surface area contributed by atoms with Crippen LogP contribution in [-0.2, 0) is 9.59 Å². The maximum absolute atomic E-state index is 14.5. The summed E-state index contributed by atoms with van der Waals surface area (Å²) in [6.45, 7) is 8.76. The number of hydrogen-bond donors (Lipinski definition) is 2. The molecule has 9 heteroatoms. The fourth-order valence-electron chi connectivity index (χ4n) is 6.87. The number of hydrogen-bond acceptors (Lipinski definition) is 4. The fourth-order valence-corrected chi connectivity index (χ4v) is 6.87. The van der Waals surface area contributed by atoms with Gasteiger partial charge >= 0.3 is 0 Å². The Morgan fingerprint density at radius 1 is 0.717 bits per heavy atom. The summed E-state index contributed by atoms with van der Waals surface area (Å²) in [6.07, 6.45) is 12.8. The van der Waals surface area contributed by atoms with Gasteiger partial charge in [0.25, 0.3) is 11.8 Å². The van der Waals surface area contributed by atoms with Crippen molar-refractivity contribution in [2.24, 2.45) is 0 Å². The highest BCUT2D eigenvalue weighted by Crippen LogP contribution is 2.28. The molecule has 1 heterocycles. The van der Waals surface area contributed by atoms with E-state index in [4.69, 9.17) is 0 Å². The molecule has 53 heavy (non-hydrogen) atoms. The van der Waals surface area contributed by atoms with Crippen molar-refractivity contribution in [3.8, 4) is 11.1 Å². The number of halogens is 1. The molecule has 0 spiro atoms. The molecule has 4 bridgehead atoms. The van der Waals surface area contributed by atoms with Crippen molar-refractivity contribution in [2.75, 3.05) is 26.2 Å². The van der Waals surface area contributed by atoms with Crippen LogP contribution in [0.1, 0.15) is 137 Å². The smallest absolute Gasteiger partial charge is 0.254 e. The summed E-state index contributed by atoms with van der Waals surface area (Å²) in [5.41, 5.74) is 2.41. The first-order valence-corrected chi connectivity index (χ1v) is 19.6. The van der Waals surface area contributed by atoms with E-state index in [2.05, 4.69) is 17.6 Å². The highest BCUT2D eigenvalue weighted by atomic mass is 19.1. The van der Waals surface area contributed by atoms with Gasteiger partial charge in [0.15, 0.2) is 0 Å². The van der Waals surface area contributed by atoms with E-state index < -0.39 is 17.4 Å². The van der Waals surface area contributed by atoms with Crippen LogP contribution >= 0.6 is 0 Å². The van der Waals surface area contributed by atoms with Gasteiger partial charge in [0.1, 0.15) is 11.9 Å². The Bertz CT molecular complexity index is 1650. The Labute approximate surface area is 315 Å². The first kappa shape index (κ1) is 41.2. The van der Waals surface area contributed by atoms with Crippen molar-refractivity contribution in [3.63, 3.8) is 0 Å². The quantitative estimate of drug-likeness (QED) is 0.144. The Balaban J connectivity index is 1.57. The highest BCUT2D eigenvalue weighted by Gasteiger charge is 2.32. The van der Waals surface area contributed by atoms with Crippen molar-refractivity contribution in [1.29, 1.82) is 0 Å². The normalized spacial score (nSPS) is 14.4.